The van der Waals surface area contributed by atoms with Crippen LogP contribution in [-0.4, -0.2) is 19.2 Å². The van der Waals surface area contributed by atoms with Gasteiger partial charge in [-0.05, 0) is 25.2 Å². The minimum atomic E-state index is -0.302. The normalized spacial score (nSPS) is 30.0. The summed E-state index contributed by atoms with van der Waals surface area (Å²) in [6.45, 7) is 2.13. The highest BCUT2D eigenvalue weighted by Gasteiger charge is 2.26. The number of ether oxygens (including phenoxy) is 1. The molecule has 0 aromatic carbocycles. The first-order valence-corrected chi connectivity index (χ1v) is 4.12. The van der Waals surface area contributed by atoms with Crippen LogP contribution in [0.5, 0.6) is 0 Å². The molecule has 1 aliphatic rings. The molecule has 64 valence electrons. The van der Waals surface area contributed by atoms with E-state index < -0.39 is 0 Å². The molecule has 0 heterocycles. The van der Waals surface area contributed by atoms with Crippen molar-refractivity contribution in [2.45, 2.75) is 32.3 Å². The molecule has 0 aliphatic heterocycles. The largest absolute Gasteiger partial charge is 0.446 e. The zero-order valence-electron chi connectivity index (χ0n) is 7.09. The minimum Gasteiger partial charge on any atom is -0.446 e. The molecule has 1 amide bonds. The first-order valence-electron chi connectivity index (χ1n) is 4.12. The fourth-order valence-corrected chi connectivity index (χ4v) is 1.48. The summed E-state index contributed by atoms with van der Waals surface area (Å²) >= 11 is 0. The fraction of sp³-hybridized carbons (Fsp3) is 0.875. The van der Waals surface area contributed by atoms with Crippen LogP contribution in [0.3, 0.4) is 0 Å². The summed E-state index contributed by atoms with van der Waals surface area (Å²) in [6, 6.07) is 0. The van der Waals surface area contributed by atoms with Crippen molar-refractivity contribution in [1.82, 2.24) is 5.32 Å². The molecule has 0 aromatic rings. The molecule has 1 aliphatic carbocycles. The Kier molecular flexibility index (Phi) is 2.74. The SMILES string of the molecule is CNC(=O)O[C@@H]1CCC[C@H]1C. The second kappa shape index (κ2) is 3.60. The van der Waals surface area contributed by atoms with E-state index in [1.165, 1.54) is 12.8 Å². The summed E-state index contributed by atoms with van der Waals surface area (Å²) in [4.78, 5) is 10.8. The van der Waals surface area contributed by atoms with E-state index in [1.54, 1.807) is 7.05 Å². The van der Waals surface area contributed by atoms with Gasteiger partial charge in [0.05, 0.1) is 0 Å². The van der Waals surface area contributed by atoms with Gasteiger partial charge < -0.3 is 10.1 Å². The first kappa shape index (κ1) is 8.37. The monoisotopic (exact) mass is 157 g/mol. The molecule has 0 spiro atoms. The van der Waals surface area contributed by atoms with Gasteiger partial charge in [0.25, 0.3) is 0 Å². The summed E-state index contributed by atoms with van der Waals surface area (Å²) in [7, 11) is 1.59. The van der Waals surface area contributed by atoms with Gasteiger partial charge in [-0.3, -0.25) is 0 Å². The van der Waals surface area contributed by atoms with E-state index in [4.69, 9.17) is 4.74 Å². The van der Waals surface area contributed by atoms with Crippen molar-refractivity contribution in [2.24, 2.45) is 5.92 Å². The lowest BCUT2D eigenvalue weighted by atomic mass is 10.1. The molecular weight excluding hydrogens is 142 g/mol. The van der Waals surface area contributed by atoms with Crippen LogP contribution in [0.1, 0.15) is 26.2 Å². The molecule has 11 heavy (non-hydrogen) atoms. The van der Waals surface area contributed by atoms with Crippen LogP contribution in [0.25, 0.3) is 0 Å². The topological polar surface area (TPSA) is 38.3 Å². The highest BCUT2D eigenvalue weighted by Crippen LogP contribution is 2.27. The average Bonchev–Trinajstić information content (AvgIpc) is 2.37. The standard InChI is InChI=1S/C8H15NO2/c1-6-4-3-5-7(6)11-8(10)9-2/h6-7H,3-5H2,1-2H3,(H,9,10)/t6-,7-/m1/s1. The Labute approximate surface area is 67.1 Å². The molecule has 0 radical (unpaired) electrons. The fourth-order valence-electron chi connectivity index (χ4n) is 1.48. The molecule has 3 nitrogen and oxygen atoms in total. The molecule has 0 aromatic heterocycles. The third-order valence-corrected chi connectivity index (χ3v) is 2.25. The molecule has 1 N–H and O–H groups in total. The van der Waals surface area contributed by atoms with Crippen LogP contribution in [0.4, 0.5) is 4.79 Å². The Balaban J connectivity index is 2.30. The highest BCUT2D eigenvalue weighted by molar-refractivity contribution is 5.66. The third kappa shape index (κ3) is 2.10. The van der Waals surface area contributed by atoms with E-state index >= 15 is 0 Å². The Morgan fingerprint density at radius 3 is 2.73 bits per heavy atom. The van der Waals surface area contributed by atoms with Gasteiger partial charge in [-0.25, -0.2) is 4.79 Å². The summed E-state index contributed by atoms with van der Waals surface area (Å²) in [5.41, 5.74) is 0. The molecule has 0 unspecified atom stereocenters. The van der Waals surface area contributed by atoms with Gasteiger partial charge in [-0.2, -0.15) is 0 Å². The number of nitrogens with one attached hydrogen (secondary N) is 1. The van der Waals surface area contributed by atoms with Crippen LogP contribution >= 0.6 is 0 Å². The summed E-state index contributed by atoms with van der Waals surface area (Å²) < 4.78 is 5.12. The quantitative estimate of drug-likeness (QED) is 0.627. The van der Waals surface area contributed by atoms with Crippen molar-refractivity contribution in [2.75, 3.05) is 7.05 Å². The Morgan fingerprint density at radius 2 is 2.27 bits per heavy atom. The van der Waals surface area contributed by atoms with Gasteiger partial charge in [0.2, 0.25) is 0 Å². The van der Waals surface area contributed by atoms with Gasteiger partial charge in [-0.15, -0.1) is 0 Å². The number of carbonyl (C=O) groups is 1. The summed E-state index contributed by atoms with van der Waals surface area (Å²) in [5, 5.41) is 2.45. The lowest BCUT2D eigenvalue weighted by molar-refractivity contribution is 0.0817. The lowest BCUT2D eigenvalue weighted by Gasteiger charge is -2.15. The Bertz CT molecular complexity index is 147. The van der Waals surface area contributed by atoms with Crippen molar-refractivity contribution in [3.8, 4) is 0 Å². The summed E-state index contributed by atoms with van der Waals surface area (Å²) in [6.07, 6.45) is 3.23. The maximum atomic E-state index is 10.8. The Hall–Kier alpha value is -0.730. The number of hydrogen-bond donors (Lipinski definition) is 1. The molecule has 1 rings (SSSR count). The second-order valence-electron chi connectivity index (χ2n) is 3.10. The third-order valence-electron chi connectivity index (χ3n) is 2.25. The molecule has 2 atom stereocenters. The van der Waals surface area contributed by atoms with Gasteiger partial charge in [0.15, 0.2) is 0 Å². The number of alkyl carbamates (subject to hydrolysis) is 1. The zero-order chi connectivity index (χ0) is 8.27. The maximum Gasteiger partial charge on any atom is 0.407 e. The molecule has 0 bridgehead atoms. The first-order chi connectivity index (χ1) is 5.24. The predicted molar refractivity (Wildman–Crippen MR) is 42.3 cm³/mol. The predicted octanol–water partition coefficient (Wildman–Crippen LogP) is 1.53. The van der Waals surface area contributed by atoms with E-state index in [-0.39, 0.29) is 12.2 Å². The second-order valence-corrected chi connectivity index (χ2v) is 3.10. The van der Waals surface area contributed by atoms with Crippen molar-refractivity contribution in [3.05, 3.63) is 0 Å². The van der Waals surface area contributed by atoms with E-state index in [9.17, 15) is 4.79 Å². The van der Waals surface area contributed by atoms with E-state index in [0.717, 1.165) is 6.42 Å². The lowest BCUT2D eigenvalue weighted by Crippen LogP contribution is -2.27. The number of carbonyl (C=O) groups excluding carboxylic acids is 1. The van der Waals surface area contributed by atoms with E-state index in [2.05, 4.69) is 12.2 Å². The average molecular weight is 157 g/mol. The van der Waals surface area contributed by atoms with Crippen LogP contribution < -0.4 is 5.32 Å². The smallest absolute Gasteiger partial charge is 0.407 e. The van der Waals surface area contributed by atoms with Gasteiger partial charge in [0, 0.05) is 7.05 Å². The van der Waals surface area contributed by atoms with Crippen LogP contribution in [0.15, 0.2) is 0 Å². The maximum absolute atomic E-state index is 10.8. The Morgan fingerprint density at radius 1 is 1.55 bits per heavy atom. The van der Waals surface area contributed by atoms with Gasteiger partial charge >= 0.3 is 6.09 Å². The van der Waals surface area contributed by atoms with E-state index in [1.807, 2.05) is 0 Å². The minimum absolute atomic E-state index is 0.148. The molecular formula is C8H15NO2. The zero-order valence-corrected chi connectivity index (χ0v) is 7.09. The van der Waals surface area contributed by atoms with Gasteiger partial charge in [-0.1, -0.05) is 6.92 Å². The van der Waals surface area contributed by atoms with E-state index in [0.29, 0.717) is 5.92 Å². The number of rotatable bonds is 1. The highest BCUT2D eigenvalue weighted by atomic mass is 16.6. The number of amides is 1. The molecule has 3 heteroatoms. The van der Waals surface area contributed by atoms with Crippen molar-refractivity contribution >= 4 is 6.09 Å². The number of hydrogen-bond acceptors (Lipinski definition) is 2. The van der Waals surface area contributed by atoms with Crippen LogP contribution in [0, 0.1) is 5.92 Å². The van der Waals surface area contributed by atoms with Crippen molar-refractivity contribution < 1.29 is 9.53 Å². The molecule has 0 saturated heterocycles. The van der Waals surface area contributed by atoms with Crippen LogP contribution in [-0.2, 0) is 4.74 Å². The van der Waals surface area contributed by atoms with Crippen molar-refractivity contribution in [3.63, 3.8) is 0 Å². The molecule has 1 saturated carbocycles. The molecule has 1 fully saturated rings. The van der Waals surface area contributed by atoms with Gasteiger partial charge in [0.1, 0.15) is 6.10 Å². The van der Waals surface area contributed by atoms with Crippen molar-refractivity contribution in [1.29, 1.82) is 0 Å². The summed E-state index contributed by atoms with van der Waals surface area (Å²) in [5.74, 6) is 0.535. The van der Waals surface area contributed by atoms with Crippen LogP contribution in [0.2, 0.25) is 0 Å².